The maximum absolute atomic E-state index is 13.2. The number of carbonyl (C=O) groups excluding carboxylic acids is 3. The van der Waals surface area contributed by atoms with E-state index in [1.807, 2.05) is 36.6 Å². The van der Waals surface area contributed by atoms with Crippen LogP contribution in [-0.2, 0) is 16.1 Å². The molecule has 1 aliphatic rings. The summed E-state index contributed by atoms with van der Waals surface area (Å²) in [4.78, 5) is 38.8. The third kappa shape index (κ3) is 4.68. The van der Waals surface area contributed by atoms with Gasteiger partial charge in [-0.15, -0.1) is 0 Å². The lowest BCUT2D eigenvalue weighted by Crippen LogP contribution is -2.27. The zero-order valence-corrected chi connectivity index (χ0v) is 19.8. The van der Waals surface area contributed by atoms with E-state index >= 15 is 0 Å². The predicted octanol–water partition coefficient (Wildman–Crippen LogP) is 5.65. The van der Waals surface area contributed by atoms with Crippen molar-refractivity contribution in [3.05, 3.63) is 93.4 Å². The highest BCUT2D eigenvalue weighted by Crippen LogP contribution is 2.34. The third-order valence-electron chi connectivity index (χ3n) is 5.52. The predicted molar refractivity (Wildman–Crippen MR) is 129 cm³/mol. The van der Waals surface area contributed by atoms with Crippen molar-refractivity contribution in [3.8, 4) is 5.69 Å². The zero-order valence-electron chi connectivity index (χ0n) is 19.0. The molecule has 2 aromatic carbocycles. The lowest BCUT2D eigenvalue weighted by atomic mass is 10.2. The summed E-state index contributed by atoms with van der Waals surface area (Å²) in [5.41, 5.74) is 4.67. The molecule has 2 amide bonds. The Morgan fingerprint density at radius 2 is 1.74 bits per heavy atom. The van der Waals surface area contributed by atoms with Crippen LogP contribution in [0.15, 0.2) is 59.5 Å². The number of aromatic nitrogens is 1. The first-order chi connectivity index (χ1) is 16.3. The van der Waals surface area contributed by atoms with Crippen molar-refractivity contribution in [2.45, 2.75) is 27.3 Å². The molecule has 8 heteroatoms. The first-order valence-corrected chi connectivity index (χ1v) is 11.6. The van der Waals surface area contributed by atoms with Crippen LogP contribution in [0.2, 0.25) is 0 Å². The maximum atomic E-state index is 13.2. The molecule has 174 valence electrons. The molecule has 6 nitrogen and oxygen atoms in total. The van der Waals surface area contributed by atoms with Crippen molar-refractivity contribution in [1.29, 1.82) is 0 Å². The van der Waals surface area contributed by atoms with E-state index in [0.717, 1.165) is 39.3 Å². The molecule has 1 saturated heterocycles. The normalized spacial score (nSPS) is 14.8. The quantitative estimate of drug-likeness (QED) is 0.338. The van der Waals surface area contributed by atoms with Gasteiger partial charge in [0.25, 0.3) is 11.1 Å². The van der Waals surface area contributed by atoms with Crippen LogP contribution in [0.4, 0.5) is 9.18 Å². The Bertz CT molecular complexity index is 1290. The van der Waals surface area contributed by atoms with Crippen LogP contribution in [0, 0.1) is 19.7 Å². The molecule has 1 fully saturated rings. The van der Waals surface area contributed by atoms with Crippen LogP contribution in [0.25, 0.3) is 11.8 Å². The van der Waals surface area contributed by atoms with Crippen molar-refractivity contribution in [1.82, 2.24) is 9.47 Å². The summed E-state index contributed by atoms with van der Waals surface area (Å²) in [5.74, 6) is -1.11. The van der Waals surface area contributed by atoms with Crippen molar-refractivity contribution in [2.24, 2.45) is 0 Å². The maximum Gasteiger partial charge on any atom is 0.338 e. The molecule has 4 rings (SSSR count). The Kier molecular flexibility index (Phi) is 6.70. The van der Waals surface area contributed by atoms with Gasteiger partial charge in [0.1, 0.15) is 5.82 Å². The monoisotopic (exact) mass is 478 g/mol. The molecule has 34 heavy (non-hydrogen) atoms. The largest absolute Gasteiger partial charge is 0.462 e. The molecule has 1 aromatic heterocycles. The number of benzene rings is 2. The van der Waals surface area contributed by atoms with Crippen LogP contribution in [-0.4, -0.2) is 33.2 Å². The van der Waals surface area contributed by atoms with E-state index in [9.17, 15) is 18.8 Å². The smallest absolute Gasteiger partial charge is 0.338 e. The highest BCUT2D eigenvalue weighted by Gasteiger charge is 2.35. The van der Waals surface area contributed by atoms with Gasteiger partial charge in [-0.25, -0.2) is 9.18 Å². The second-order valence-corrected chi connectivity index (χ2v) is 8.82. The number of rotatable bonds is 6. The minimum absolute atomic E-state index is 0.0914. The van der Waals surface area contributed by atoms with E-state index in [0.29, 0.717) is 22.6 Å². The van der Waals surface area contributed by atoms with E-state index in [4.69, 9.17) is 4.74 Å². The van der Waals surface area contributed by atoms with Gasteiger partial charge >= 0.3 is 5.97 Å². The first-order valence-electron chi connectivity index (χ1n) is 10.7. The molecule has 1 aliphatic heterocycles. The molecule has 0 unspecified atom stereocenters. The molecule has 0 radical (unpaired) electrons. The molecule has 0 spiro atoms. The zero-order chi connectivity index (χ0) is 24.4. The van der Waals surface area contributed by atoms with Gasteiger partial charge in [0.2, 0.25) is 0 Å². The van der Waals surface area contributed by atoms with Crippen molar-refractivity contribution in [2.75, 3.05) is 6.61 Å². The Hall–Kier alpha value is -3.65. The van der Waals surface area contributed by atoms with Crippen molar-refractivity contribution >= 4 is 35.0 Å². The summed E-state index contributed by atoms with van der Waals surface area (Å²) in [6.45, 7) is 6.05. The lowest BCUT2D eigenvalue weighted by molar-refractivity contribution is -0.123. The second kappa shape index (κ2) is 9.69. The highest BCUT2D eigenvalue weighted by atomic mass is 32.2. The fraction of sp³-hybridized carbons (Fsp3) is 0.192. The van der Waals surface area contributed by atoms with Gasteiger partial charge in [-0.2, -0.15) is 0 Å². The number of carbonyl (C=O) groups is 3. The van der Waals surface area contributed by atoms with Crippen LogP contribution >= 0.6 is 11.8 Å². The van der Waals surface area contributed by atoms with E-state index < -0.39 is 0 Å². The molecule has 0 atom stereocenters. The molecule has 0 saturated carbocycles. The summed E-state index contributed by atoms with van der Waals surface area (Å²) in [5, 5.41) is -0.357. The van der Waals surface area contributed by atoms with Gasteiger partial charge in [-0.3, -0.25) is 14.5 Å². The fourth-order valence-corrected chi connectivity index (χ4v) is 4.67. The van der Waals surface area contributed by atoms with Gasteiger partial charge in [0.15, 0.2) is 0 Å². The fourth-order valence-electron chi connectivity index (χ4n) is 3.84. The SMILES string of the molecule is CCOC(=O)c1ccc(-n2c(C)cc(C=C3SC(=O)N(Cc4ccc(F)cc4)C3=O)c2C)cc1. The number of thioether (sulfide) groups is 1. The number of amides is 2. The molecule has 2 heterocycles. The topological polar surface area (TPSA) is 68.6 Å². The first kappa shape index (κ1) is 23.5. The van der Waals surface area contributed by atoms with Crippen molar-refractivity contribution in [3.63, 3.8) is 0 Å². The van der Waals surface area contributed by atoms with E-state index in [1.54, 1.807) is 37.3 Å². The Morgan fingerprint density at radius 1 is 1.06 bits per heavy atom. The number of imide groups is 1. The number of esters is 1. The summed E-state index contributed by atoms with van der Waals surface area (Å²) in [7, 11) is 0. The van der Waals surface area contributed by atoms with Gasteiger partial charge in [0, 0.05) is 17.1 Å². The van der Waals surface area contributed by atoms with Crippen LogP contribution in [0.3, 0.4) is 0 Å². The van der Waals surface area contributed by atoms with Crippen molar-refractivity contribution < 1.29 is 23.5 Å². The minimum atomic E-state index is -0.372. The average Bonchev–Trinajstić information content (AvgIpc) is 3.24. The van der Waals surface area contributed by atoms with Crippen LogP contribution in [0.1, 0.15) is 39.8 Å². The van der Waals surface area contributed by atoms with Crippen LogP contribution < -0.4 is 0 Å². The van der Waals surface area contributed by atoms with E-state index in [2.05, 4.69) is 0 Å². The molecule has 0 aliphatic carbocycles. The third-order valence-corrected chi connectivity index (χ3v) is 6.43. The molecular formula is C26H23FN2O4S. The van der Waals surface area contributed by atoms with Crippen LogP contribution in [0.5, 0.6) is 0 Å². The molecule has 0 bridgehead atoms. The lowest BCUT2D eigenvalue weighted by Gasteiger charge is -2.12. The minimum Gasteiger partial charge on any atom is -0.462 e. The number of hydrogen-bond donors (Lipinski definition) is 0. The summed E-state index contributed by atoms with van der Waals surface area (Å²) < 4.78 is 20.2. The number of ether oxygens (including phenoxy) is 1. The Morgan fingerprint density at radius 3 is 2.38 bits per heavy atom. The van der Waals surface area contributed by atoms with Gasteiger partial charge in [-0.05, 0) is 92.2 Å². The second-order valence-electron chi connectivity index (χ2n) is 7.82. The standard InChI is InChI=1S/C26H23FN2O4S/c1-4-33-25(31)19-7-11-22(12-8-19)29-16(2)13-20(17(29)3)14-23-24(30)28(26(32)34-23)15-18-5-9-21(27)10-6-18/h5-14H,4,15H2,1-3H3. The molecule has 0 N–H and O–H groups in total. The number of hydrogen-bond acceptors (Lipinski definition) is 5. The van der Waals surface area contributed by atoms with Gasteiger partial charge < -0.3 is 9.30 Å². The Balaban J connectivity index is 1.57. The summed E-state index contributed by atoms with van der Waals surface area (Å²) in [6, 6.07) is 14.8. The van der Waals surface area contributed by atoms with E-state index in [-0.39, 0.29) is 29.5 Å². The van der Waals surface area contributed by atoms with E-state index in [1.165, 1.54) is 12.1 Å². The number of aryl methyl sites for hydroxylation is 1. The Labute approximate surface area is 201 Å². The molecular weight excluding hydrogens is 455 g/mol. The van der Waals surface area contributed by atoms with Gasteiger partial charge in [-0.1, -0.05) is 12.1 Å². The highest BCUT2D eigenvalue weighted by molar-refractivity contribution is 8.18. The number of nitrogens with zero attached hydrogens (tertiary/aromatic N) is 2. The van der Waals surface area contributed by atoms with Gasteiger partial charge in [0.05, 0.1) is 23.6 Å². The average molecular weight is 479 g/mol. The number of halogens is 1. The molecule has 3 aromatic rings. The summed E-state index contributed by atoms with van der Waals surface area (Å²) in [6.07, 6.45) is 1.72. The summed E-state index contributed by atoms with van der Waals surface area (Å²) >= 11 is 0.892.